The van der Waals surface area contributed by atoms with E-state index in [2.05, 4.69) is 5.32 Å². The molecule has 0 bridgehead atoms. The molecule has 1 atom stereocenters. The molecule has 0 radical (unpaired) electrons. The van der Waals surface area contributed by atoms with Gasteiger partial charge in [-0.1, -0.05) is 12.1 Å². The number of nitrogens with two attached hydrogens (primary N) is 1. The van der Waals surface area contributed by atoms with E-state index in [-0.39, 0.29) is 11.8 Å². The molecule has 1 heterocycles. The smallest absolute Gasteiger partial charge is 0.165 e. The Morgan fingerprint density at radius 2 is 2.06 bits per heavy atom. The van der Waals surface area contributed by atoms with Crippen molar-refractivity contribution in [3.63, 3.8) is 0 Å². The molecular formula is C12H17FN2O. The fourth-order valence-corrected chi connectivity index (χ4v) is 2.26. The maximum atomic E-state index is 13.2. The van der Waals surface area contributed by atoms with E-state index in [1.165, 1.54) is 6.07 Å². The van der Waals surface area contributed by atoms with Crippen molar-refractivity contribution in [2.45, 2.75) is 18.9 Å². The van der Waals surface area contributed by atoms with Crippen LogP contribution in [-0.4, -0.2) is 18.2 Å². The van der Waals surface area contributed by atoms with Crippen LogP contribution in [0.1, 0.15) is 24.4 Å². The number of rotatable bonds is 2. The number of para-hydroxylation sites is 1. The molecule has 1 aromatic rings. The molecule has 88 valence electrons. The van der Waals surface area contributed by atoms with E-state index in [1.807, 2.05) is 0 Å². The monoisotopic (exact) mass is 224 g/mol. The third-order valence-electron chi connectivity index (χ3n) is 3.27. The SMILES string of the molecule is N[C@@H](c1cccc(F)c1O)C1CCNCC1. The second kappa shape index (κ2) is 4.80. The van der Waals surface area contributed by atoms with Gasteiger partial charge in [0.1, 0.15) is 0 Å². The molecule has 0 amide bonds. The van der Waals surface area contributed by atoms with Crippen LogP contribution in [0.2, 0.25) is 0 Å². The largest absolute Gasteiger partial charge is 0.505 e. The summed E-state index contributed by atoms with van der Waals surface area (Å²) in [5.74, 6) is -0.579. The highest BCUT2D eigenvalue weighted by Gasteiger charge is 2.24. The molecule has 0 aromatic heterocycles. The number of benzene rings is 1. The molecule has 1 aromatic carbocycles. The molecule has 4 N–H and O–H groups in total. The number of hydrogen-bond donors (Lipinski definition) is 3. The highest BCUT2D eigenvalue weighted by Crippen LogP contribution is 2.33. The molecular weight excluding hydrogens is 207 g/mol. The Bertz CT molecular complexity index is 364. The predicted octanol–water partition coefficient (Wildman–Crippen LogP) is 1.53. The van der Waals surface area contributed by atoms with Crippen molar-refractivity contribution < 1.29 is 9.50 Å². The number of piperidine rings is 1. The highest BCUT2D eigenvalue weighted by atomic mass is 19.1. The van der Waals surface area contributed by atoms with Gasteiger partial charge in [0, 0.05) is 11.6 Å². The first-order chi connectivity index (χ1) is 7.70. The lowest BCUT2D eigenvalue weighted by Gasteiger charge is -2.28. The molecule has 3 nitrogen and oxygen atoms in total. The first-order valence-electron chi connectivity index (χ1n) is 5.64. The zero-order valence-corrected chi connectivity index (χ0v) is 9.12. The molecule has 1 aliphatic heterocycles. The fraction of sp³-hybridized carbons (Fsp3) is 0.500. The van der Waals surface area contributed by atoms with Crippen molar-refractivity contribution in [2.75, 3.05) is 13.1 Å². The molecule has 0 spiro atoms. The summed E-state index contributed by atoms with van der Waals surface area (Å²) >= 11 is 0. The van der Waals surface area contributed by atoms with Gasteiger partial charge in [0.05, 0.1) is 0 Å². The number of aromatic hydroxyl groups is 1. The molecule has 4 heteroatoms. The summed E-state index contributed by atoms with van der Waals surface area (Å²) in [6.07, 6.45) is 1.94. The summed E-state index contributed by atoms with van der Waals surface area (Å²) in [6, 6.07) is 4.25. The first kappa shape index (κ1) is 11.4. The van der Waals surface area contributed by atoms with E-state index in [4.69, 9.17) is 5.73 Å². The van der Waals surface area contributed by atoms with E-state index in [0.29, 0.717) is 11.5 Å². The normalized spacial score (nSPS) is 19.6. The summed E-state index contributed by atoms with van der Waals surface area (Å²) in [7, 11) is 0. The third-order valence-corrected chi connectivity index (χ3v) is 3.27. The van der Waals surface area contributed by atoms with Gasteiger partial charge in [0.2, 0.25) is 0 Å². The first-order valence-corrected chi connectivity index (χ1v) is 5.64. The van der Waals surface area contributed by atoms with Crippen molar-refractivity contribution in [3.05, 3.63) is 29.6 Å². The standard InChI is InChI=1S/C12H17FN2O/c13-10-3-1-2-9(12(10)16)11(14)8-4-6-15-7-5-8/h1-3,8,11,15-16H,4-7,14H2/t11-/m1/s1. The number of nitrogens with one attached hydrogen (secondary N) is 1. The summed E-state index contributed by atoms with van der Waals surface area (Å²) in [5.41, 5.74) is 6.61. The third kappa shape index (κ3) is 2.18. The lowest BCUT2D eigenvalue weighted by molar-refractivity contribution is 0.313. The lowest BCUT2D eigenvalue weighted by atomic mass is 9.86. The second-order valence-electron chi connectivity index (χ2n) is 4.29. The van der Waals surface area contributed by atoms with Gasteiger partial charge in [-0.15, -0.1) is 0 Å². The van der Waals surface area contributed by atoms with Crippen molar-refractivity contribution in [1.82, 2.24) is 5.32 Å². The zero-order valence-electron chi connectivity index (χ0n) is 9.12. The quantitative estimate of drug-likeness (QED) is 0.714. The van der Waals surface area contributed by atoms with Gasteiger partial charge in [-0.25, -0.2) is 4.39 Å². The van der Waals surface area contributed by atoms with Crippen LogP contribution in [0, 0.1) is 11.7 Å². The Labute approximate surface area is 94.5 Å². The Hall–Kier alpha value is -1.13. The Balaban J connectivity index is 2.19. The summed E-state index contributed by atoms with van der Waals surface area (Å²) < 4.78 is 13.2. The molecule has 2 rings (SSSR count). The Kier molecular flexibility index (Phi) is 3.41. The van der Waals surface area contributed by atoms with Gasteiger partial charge in [-0.3, -0.25) is 0 Å². The lowest BCUT2D eigenvalue weighted by Crippen LogP contribution is -2.33. The van der Waals surface area contributed by atoms with Gasteiger partial charge in [0.15, 0.2) is 11.6 Å². The van der Waals surface area contributed by atoms with Gasteiger partial charge in [-0.2, -0.15) is 0 Å². The average molecular weight is 224 g/mol. The van der Waals surface area contributed by atoms with Crippen LogP contribution in [-0.2, 0) is 0 Å². The van der Waals surface area contributed by atoms with Crippen molar-refractivity contribution >= 4 is 0 Å². The summed E-state index contributed by atoms with van der Waals surface area (Å²) in [6.45, 7) is 1.88. The molecule has 16 heavy (non-hydrogen) atoms. The highest BCUT2D eigenvalue weighted by molar-refractivity contribution is 5.36. The molecule has 1 aliphatic rings. The minimum Gasteiger partial charge on any atom is -0.505 e. The van der Waals surface area contributed by atoms with E-state index >= 15 is 0 Å². The maximum absolute atomic E-state index is 13.2. The van der Waals surface area contributed by atoms with Crippen molar-refractivity contribution in [1.29, 1.82) is 0 Å². The van der Waals surface area contributed by atoms with E-state index in [0.717, 1.165) is 25.9 Å². The number of phenolic OH excluding ortho intramolecular Hbond substituents is 1. The topological polar surface area (TPSA) is 58.3 Å². The summed E-state index contributed by atoms with van der Waals surface area (Å²) in [5, 5.41) is 12.9. The minimum absolute atomic E-state index is 0.280. The number of hydrogen-bond acceptors (Lipinski definition) is 3. The minimum atomic E-state index is -0.595. The molecule has 0 saturated carbocycles. The Morgan fingerprint density at radius 1 is 1.38 bits per heavy atom. The van der Waals surface area contributed by atoms with E-state index in [9.17, 15) is 9.50 Å². The predicted molar refractivity (Wildman–Crippen MR) is 60.6 cm³/mol. The zero-order chi connectivity index (χ0) is 11.5. The van der Waals surface area contributed by atoms with Crippen LogP contribution in [0.4, 0.5) is 4.39 Å². The fourth-order valence-electron chi connectivity index (χ4n) is 2.26. The molecule has 1 saturated heterocycles. The van der Waals surface area contributed by atoms with E-state index < -0.39 is 5.82 Å². The van der Waals surface area contributed by atoms with Gasteiger partial charge < -0.3 is 16.2 Å². The Morgan fingerprint density at radius 3 is 2.75 bits per heavy atom. The van der Waals surface area contributed by atoms with Crippen LogP contribution < -0.4 is 11.1 Å². The second-order valence-corrected chi connectivity index (χ2v) is 4.29. The molecule has 0 unspecified atom stereocenters. The van der Waals surface area contributed by atoms with Crippen molar-refractivity contribution in [2.24, 2.45) is 11.7 Å². The molecule has 1 fully saturated rings. The summed E-state index contributed by atoms with van der Waals surface area (Å²) in [4.78, 5) is 0. The van der Waals surface area contributed by atoms with Crippen molar-refractivity contribution in [3.8, 4) is 5.75 Å². The van der Waals surface area contributed by atoms with Gasteiger partial charge >= 0.3 is 0 Å². The number of phenols is 1. The number of halogens is 1. The molecule has 0 aliphatic carbocycles. The van der Waals surface area contributed by atoms with Crippen LogP contribution in [0.3, 0.4) is 0 Å². The van der Waals surface area contributed by atoms with Crippen LogP contribution in [0.15, 0.2) is 18.2 Å². The van der Waals surface area contributed by atoms with Crippen LogP contribution >= 0.6 is 0 Å². The van der Waals surface area contributed by atoms with Crippen LogP contribution in [0.25, 0.3) is 0 Å². The average Bonchev–Trinajstić information content (AvgIpc) is 2.33. The van der Waals surface area contributed by atoms with Gasteiger partial charge in [-0.05, 0) is 37.9 Å². The van der Waals surface area contributed by atoms with Gasteiger partial charge in [0.25, 0.3) is 0 Å². The van der Waals surface area contributed by atoms with E-state index in [1.54, 1.807) is 12.1 Å². The maximum Gasteiger partial charge on any atom is 0.165 e. The van der Waals surface area contributed by atoms with Crippen LogP contribution in [0.5, 0.6) is 5.75 Å².